The largest absolute Gasteiger partial charge is 0.500 e. The molecule has 0 bridgehead atoms. The molecule has 0 aromatic carbocycles. The van der Waals surface area contributed by atoms with Gasteiger partial charge in [0.15, 0.2) is 0 Å². The summed E-state index contributed by atoms with van der Waals surface area (Å²) in [6, 6.07) is 0.827. The molecule has 0 saturated heterocycles. The number of rotatable bonds is 9. The van der Waals surface area contributed by atoms with Crippen molar-refractivity contribution in [2.24, 2.45) is 5.73 Å². The lowest BCUT2D eigenvalue weighted by molar-refractivity contribution is 0.123. The zero-order valence-corrected chi connectivity index (χ0v) is 11.6. The van der Waals surface area contributed by atoms with Gasteiger partial charge in [0.2, 0.25) is 0 Å². The highest BCUT2D eigenvalue weighted by molar-refractivity contribution is 6.60. The average Bonchev–Trinajstić information content (AvgIpc) is 2.24. The molecule has 3 N–H and O–H groups in total. The van der Waals surface area contributed by atoms with Crippen LogP contribution in [-0.4, -0.2) is 49.8 Å². The molecule has 0 heterocycles. The van der Waals surface area contributed by atoms with Crippen LogP contribution in [0.2, 0.25) is 6.04 Å². The molecule has 0 aromatic rings. The maximum absolute atomic E-state index is 5.35. The Labute approximate surface area is 99.4 Å². The molecule has 0 aliphatic rings. The molecule has 94 valence electrons. The molecular formula is C8H23ClN2O3Si. The van der Waals surface area contributed by atoms with Crippen molar-refractivity contribution in [1.82, 2.24) is 5.32 Å². The van der Waals surface area contributed by atoms with Crippen LogP contribution in [-0.2, 0) is 13.3 Å². The molecule has 0 aliphatic carbocycles. The predicted octanol–water partition coefficient (Wildman–Crippen LogP) is 0.225. The van der Waals surface area contributed by atoms with E-state index in [9.17, 15) is 0 Å². The summed E-state index contributed by atoms with van der Waals surface area (Å²) in [4.78, 5) is 0. The van der Waals surface area contributed by atoms with Gasteiger partial charge in [-0.25, -0.2) is 0 Å². The van der Waals surface area contributed by atoms with Crippen LogP contribution >= 0.6 is 12.4 Å². The summed E-state index contributed by atoms with van der Waals surface area (Å²) >= 11 is 0. The lowest BCUT2D eigenvalue weighted by atomic mass is 10.5. The van der Waals surface area contributed by atoms with E-state index in [0.717, 1.165) is 25.6 Å². The maximum atomic E-state index is 5.35. The molecule has 0 radical (unpaired) electrons. The summed E-state index contributed by atoms with van der Waals surface area (Å²) in [5.74, 6) is 0. The van der Waals surface area contributed by atoms with Gasteiger partial charge < -0.3 is 24.3 Å². The minimum atomic E-state index is -2.35. The van der Waals surface area contributed by atoms with Gasteiger partial charge in [-0.15, -0.1) is 12.4 Å². The standard InChI is InChI=1S/C8H22N2O3Si.ClH/c1-11-14(12-2,13-3)8-4-6-10-7-5-9;/h10H,4-9H2,1-3H3;1H. The number of hydrogen-bond donors (Lipinski definition) is 2. The Morgan fingerprint density at radius 2 is 1.60 bits per heavy atom. The van der Waals surface area contributed by atoms with E-state index in [0.29, 0.717) is 6.54 Å². The van der Waals surface area contributed by atoms with Gasteiger partial charge in [0.25, 0.3) is 0 Å². The smallest absolute Gasteiger partial charge is 0.377 e. The van der Waals surface area contributed by atoms with E-state index in [2.05, 4.69) is 5.32 Å². The molecule has 7 heteroatoms. The van der Waals surface area contributed by atoms with Crippen molar-refractivity contribution in [2.45, 2.75) is 12.5 Å². The first-order chi connectivity index (χ1) is 6.74. The van der Waals surface area contributed by atoms with Crippen molar-refractivity contribution in [2.75, 3.05) is 41.0 Å². The zero-order valence-electron chi connectivity index (χ0n) is 9.75. The fourth-order valence-electron chi connectivity index (χ4n) is 1.21. The van der Waals surface area contributed by atoms with E-state index in [1.54, 1.807) is 21.3 Å². The van der Waals surface area contributed by atoms with E-state index in [-0.39, 0.29) is 12.4 Å². The highest BCUT2D eigenvalue weighted by Crippen LogP contribution is 2.13. The van der Waals surface area contributed by atoms with Gasteiger partial charge >= 0.3 is 8.80 Å². The summed E-state index contributed by atoms with van der Waals surface area (Å²) in [6.07, 6.45) is 0.974. The lowest BCUT2D eigenvalue weighted by Gasteiger charge is -2.24. The Hall–Kier alpha value is 0.307. The van der Waals surface area contributed by atoms with Gasteiger partial charge in [-0.2, -0.15) is 0 Å². The Morgan fingerprint density at radius 1 is 1.07 bits per heavy atom. The van der Waals surface area contributed by atoms with Crippen molar-refractivity contribution in [1.29, 1.82) is 0 Å². The van der Waals surface area contributed by atoms with Crippen molar-refractivity contribution in [3.8, 4) is 0 Å². The van der Waals surface area contributed by atoms with Gasteiger partial charge in [-0.3, -0.25) is 0 Å². The summed E-state index contributed by atoms with van der Waals surface area (Å²) in [5, 5.41) is 3.21. The van der Waals surface area contributed by atoms with Crippen molar-refractivity contribution < 1.29 is 13.3 Å². The Morgan fingerprint density at radius 3 is 2.00 bits per heavy atom. The third-order valence-electron chi connectivity index (χ3n) is 2.09. The monoisotopic (exact) mass is 258 g/mol. The normalized spacial score (nSPS) is 11.2. The minimum absolute atomic E-state index is 0. The summed E-state index contributed by atoms with van der Waals surface area (Å²) in [6.45, 7) is 2.44. The number of hydrogen-bond acceptors (Lipinski definition) is 5. The third kappa shape index (κ3) is 7.23. The van der Waals surface area contributed by atoms with Crippen LogP contribution in [0.1, 0.15) is 6.42 Å². The number of nitrogens with one attached hydrogen (secondary N) is 1. The average molecular weight is 259 g/mol. The first kappa shape index (κ1) is 17.7. The van der Waals surface area contributed by atoms with E-state index < -0.39 is 8.80 Å². The first-order valence-corrected chi connectivity index (χ1v) is 6.74. The van der Waals surface area contributed by atoms with Crippen LogP contribution in [0.5, 0.6) is 0 Å². The SMILES string of the molecule is CO[Si](CCCNCCN)(OC)OC.Cl. The molecule has 0 rings (SSSR count). The lowest BCUT2D eigenvalue weighted by Crippen LogP contribution is -2.43. The quantitative estimate of drug-likeness (QED) is 0.458. The predicted molar refractivity (Wildman–Crippen MR) is 65.4 cm³/mol. The summed E-state index contributed by atoms with van der Waals surface area (Å²) in [7, 11) is 2.55. The van der Waals surface area contributed by atoms with Crippen LogP contribution in [0, 0.1) is 0 Å². The number of halogens is 1. The highest BCUT2D eigenvalue weighted by Gasteiger charge is 2.36. The molecule has 0 aromatic heterocycles. The molecule has 0 fully saturated rings. The van der Waals surface area contributed by atoms with E-state index >= 15 is 0 Å². The topological polar surface area (TPSA) is 65.7 Å². The third-order valence-corrected chi connectivity index (χ3v) is 4.92. The van der Waals surface area contributed by atoms with Gasteiger partial charge in [0, 0.05) is 40.5 Å². The van der Waals surface area contributed by atoms with Crippen LogP contribution in [0.15, 0.2) is 0 Å². The van der Waals surface area contributed by atoms with Crippen LogP contribution in [0.4, 0.5) is 0 Å². The summed E-state index contributed by atoms with van der Waals surface area (Å²) in [5.41, 5.74) is 5.35. The molecule has 15 heavy (non-hydrogen) atoms. The second-order valence-corrected chi connectivity index (χ2v) is 6.03. The molecule has 0 unspecified atom stereocenters. The zero-order chi connectivity index (χ0) is 10.9. The van der Waals surface area contributed by atoms with E-state index in [1.165, 1.54) is 0 Å². The Kier molecular flexibility index (Phi) is 12.8. The van der Waals surface area contributed by atoms with Crippen LogP contribution < -0.4 is 11.1 Å². The van der Waals surface area contributed by atoms with Crippen molar-refractivity contribution in [3.63, 3.8) is 0 Å². The molecule has 5 nitrogen and oxygen atoms in total. The fraction of sp³-hybridized carbons (Fsp3) is 1.00. The molecule has 0 saturated carbocycles. The van der Waals surface area contributed by atoms with Crippen molar-refractivity contribution in [3.05, 3.63) is 0 Å². The van der Waals surface area contributed by atoms with E-state index in [1.807, 2.05) is 0 Å². The molecule has 0 aliphatic heterocycles. The number of nitrogens with two attached hydrogens (primary N) is 1. The van der Waals surface area contributed by atoms with Crippen LogP contribution in [0.3, 0.4) is 0 Å². The molecule has 0 amide bonds. The van der Waals surface area contributed by atoms with Gasteiger partial charge in [-0.1, -0.05) is 0 Å². The molecule has 0 spiro atoms. The molecular weight excluding hydrogens is 236 g/mol. The van der Waals surface area contributed by atoms with Crippen molar-refractivity contribution >= 4 is 21.2 Å². The Bertz CT molecular complexity index is 131. The van der Waals surface area contributed by atoms with E-state index in [4.69, 9.17) is 19.0 Å². The maximum Gasteiger partial charge on any atom is 0.500 e. The molecule has 0 atom stereocenters. The fourth-order valence-corrected chi connectivity index (χ4v) is 2.94. The first-order valence-electron chi connectivity index (χ1n) is 4.81. The second-order valence-electron chi connectivity index (χ2n) is 2.94. The minimum Gasteiger partial charge on any atom is -0.377 e. The second kappa shape index (κ2) is 10.8. The highest BCUT2D eigenvalue weighted by atomic mass is 35.5. The van der Waals surface area contributed by atoms with Gasteiger partial charge in [0.05, 0.1) is 0 Å². The van der Waals surface area contributed by atoms with Crippen LogP contribution in [0.25, 0.3) is 0 Å². The summed E-state index contributed by atoms with van der Waals surface area (Å²) < 4.78 is 15.9. The van der Waals surface area contributed by atoms with Gasteiger partial charge in [-0.05, 0) is 13.0 Å². The van der Waals surface area contributed by atoms with Gasteiger partial charge in [0.1, 0.15) is 0 Å². The Balaban J connectivity index is 0.